The SMILES string of the molecule is CC(C)c1ccc(CCNC(=O)COC(=O)Cc2n[nH]c(=O)c3ccccc23)cc1. The minimum absolute atomic E-state index is 0.132. The molecule has 3 aromatic rings. The molecule has 156 valence electrons. The van der Waals surface area contributed by atoms with Crippen molar-refractivity contribution < 1.29 is 14.3 Å². The molecule has 0 atom stereocenters. The highest BCUT2D eigenvalue weighted by atomic mass is 16.5. The van der Waals surface area contributed by atoms with E-state index >= 15 is 0 Å². The van der Waals surface area contributed by atoms with Gasteiger partial charge in [0.15, 0.2) is 6.61 Å². The zero-order chi connectivity index (χ0) is 21.5. The number of carbonyl (C=O) groups is 2. The van der Waals surface area contributed by atoms with Crippen LogP contribution in [0.15, 0.2) is 53.3 Å². The van der Waals surface area contributed by atoms with E-state index in [1.54, 1.807) is 24.3 Å². The number of nitrogens with one attached hydrogen (secondary N) is 2. The van der Waals surface area contributed by atoms with E-state index in [2.05, 4.69) is 53.6 Å². The molecular weight excluding hydrogens is 382 g/mol. The first-order chi connectivity index (χ1) is 14.4. The third-order valence-corrected chi connectivity index (χ3v) is 4.83. The zero-order valence-electron chi connectivity index (χ0n) is 17.1. The maximum atomic E-state index is 12.1. The lowest BCUT2D eigenvalue weighted by Crippen LogP contribution is -2.30. The molecule has 0 saturated heterocycles. The molecule has 0 unspecified atom stereocenters. The van der Waals surface area contributed by atoms with Crippen LogP contribution in [0.2, 0.25) is 0 Å². The normalized spacial score (nSPS) is 10.9. The van der Waals surface area contributed by atoms with E-state index in [0.717, 1.165) is 5.56 Å². The van der Waals surface area contributed by atoms with Crippen molar-refractivity contribution in [2.24, 2.45) is 0 Å². The summed E-state index contributed by atoms with van der Waals surface area (Å²) in [4.78, 5) is 35.8. The monoisotopic (exact) mass is 407 g/mol. The van der Waals surface area contributed by atoms with Gasteiger partial charge in [0.05, 0.1) is 17.5 Å². The van der Waals surface area contributed by atoms with Crippen LogP contribution < -0.4 is 10.9 Å². The second-order valence-corrected chi connectivity index (χ2v) is 7.38. The Morgan fingerprint density at radius 3 is 2.47 bits per heavy atom. The summed E-state index contributed by atoms with van der Waals surface area (Å²) in [5.41, 5.74) is 2.49. The molecule has 1 heterocycles. The summed E-state index contributed by atoms with van der Waals surface area (Å²) < 4.78 is 5.05. The van der Waals surface area contributed by atoms with Gasteiger partial charge >= 0.3 is 5.97 Å². The number of carbonyl (C=O) groups excluding carboxylic acids is 2. The maximum absolute atomic E-state index is 12.1. The van der Waals surface area contributed by atoms with Gasteiger partial charge in [-0.3, -0.25) is 14.4 Å². The minimum Gasteiger partial charge on any atom is -0.455 e. The Balaban J connectivity index is 1.44. The lowest BCUT2D eigenvalue weighted by molar-refractivity contribution is -0.147. The number of hydrogen-bond donors (Lipinski definition) is 2. The first kappa shape index (κ1) is 21.2. The van der Waals surface area contributed by atoms with E-state index in [-0.39, 0.29) is 24.5 Å². The fourth-order valence-electron chi connectivity index (χ4n) is 3.11. The second kappa shape index (κ2) is 9.82. The van der Waals surface area contributed by atoms with Crippen molar-refractivity contribution in [3.8, 4) is 0 Å². The number of hydrogen-bond acceptors (Lipinski definition) is 5. The lowest BCUT2D eigenvalue weighted by atomic mass is 10.0. The highest BCUT2D eigenvalue weighted by Crippen LogP contribution is 2.15. The van der Waals surface area contributed by atoms with Gasteiger partial charge in [0.25, 0.3) is 11.5 Å². The predicted octanol–water partition coefficient (Wildman–Crippen LogP) is 2.49. The zero-order valence-corrected chi connectivity index (χ0v) is 17.1. The Morgan fingerprint density at radius 2 is 1.77 bits per heavy atom. The summed E-state index contributed by atoms with van der Waals surface area (Å²) in [7, 11) is 0. The standard InChI is InChI=1S/C23H25N3O4/c1-15(2)17-9-7-16(8-10-17)11-12-24-21(27)14-30-22(28)13-20-18-5-3-4-6-19(18)23(29)26-25-20/h3-10,15H,11-14H2,1-2H3,(H,24,27)(H,26,29). The molecule has 0 fully saturated rings. The van der Waals surface area contributed by atoms with Gasteiger partial charge in [-0.2, -0.15) is 5.10 Å². The smallest absolute Gasteiger partial charge is 0.312 e. The molecule has 0 aliphatic carbocycles. The third kappa shape index (κ3) is 5.53. The number of aromatic nitrogens is 2. The Hall–Kier alpha value is -3.48. The number of benzene rings is 2. The van der Waals surface area contributed by atoms with Crippen LogP contribution in [0.4, 0.5) is 0 Å². The van der Waals surface area contributed by atoms with Gasteiger partial charge in [-0.15, -0.1) is 0 Å². The number of ether oxygens (including phenoxy) is 1. The molecule has 0 spiro atoms. The first-order valence-corrected chi connectivity index (χ1v) is 9.91. The number of esters is 1. The molecule has 2 aromatic carbocycles. The van der Waals surface area contributed by atoms with Crippen LogP contribution in [0, 0.1) is 0 Å². The van der Waals surface area contributed by atoms with Crippen LogP contribution in [0.3, 0.4) is 0 Å². The Kier molecular flexibility index (Phi) is 6.95. The Bertz CT molecular complexity index is 1090. The minimum atomic E-state index is -0.584. The van der Waals surface area contributed by atoms with Crippen LogP contribution in [0.5, 0.6) is 0 Å². The molecule has 0 aliphatic rings. The number of aromatic amines is 1. The van der Waals surface area contributed by atoms with Crippen molar-refractivity contribution >= 4 is 22.6 Å². The van der Waals surface area contributed by atoms with Gasteiger partial charge in [-0.05, 0) is 29.5 Å². The van der Waals surface area contributed by atoms with Crippen LogP contribution in [0.1, 0.15) is 36.6 Å². The Morgan fingerprint density at radius 1 is 1.07 bits per heavy atom. The molecule has 0 aliphatic heterocycles. The second-order valence-electron chi connectivity index (χ2n) is 7.38. The van der Waals surface area contributed by atoms with Crippen molar-refractivity contribution in [1.82, 2.24) is 15.5 Å². The van der Waals surface area contributed by atoms with E-state index in [0.29, 0.717) is 35.3 Å². The van der Waals surface area contributed by atoms with Crippen LogP contribution in [0.25, 0.3) is 10.8 Å². The first-order valence-electron chi connectivity index (χ1n) is 9.91. The number of H-pyrrole nitrogens is 1. The summed E-state index contributed by atoms with van der Waals surface area (Å²) in [5, 5.41) is 10.1. The maximum Gasteiger partial charge on any atom is 0.312 e. The van der Waals surface area contributed by atoms with Crippen molar-refractivity contribution in [2.75, 3.05) is 13.2 Å². The number of amides is 1. The predicted molar refractivity (Wildman–Crippen MR) is 114 cm³/mol. The highest BCUT2D eigenvalue weighted by molar-refractivity contribution is 5.87. The molecule has 3 rings (SSSR count). The molecule has 30 heavy (non-hydrogen) atoms. The third-order valence-electron chi connectivity index (χ3n) is 4.83. The van der Waals surface area contributed by atoms with Gasteiger partial charge in [0, 0.05) is 11.9 Å². The van der Waals surface area contributed by atoms with E-state index in [4.69, 9.17) is 4.74 Å². The largest absolute Gasteiger partial charge is 0.455 e. The molecule has 0 saturated carbocycles. The molecule has 1 aromatic heterocycles. The average molecular weight is 407 g/mol. The number of fused-ring (bicyclic) bond motifs is 1. The van der Waals surface area contributed by atoms with Crippen molar-refractivity contribution in [3.05, 3.63) is 75.7 Å². The number of nitrogens with zero attached hydrogens (tertiary/aromatic N) is 1. The molecule has 7 nitrogen and oxygen atoms in total. The van der Waals surface area contributed by atoms with Gasteiger partial charge < -0.3 is 10.1 Å². The average Bonchev–Trinajstić information content (AvgIpc) is 2.75. The van der Waals surface area contributed by atoms with Gasteiger partial charge in [-0.1, -0.05) is 56.3 Å². The van der Waals surface area contributed by atoms with Gasteiger partial charge in [0.1, 0.15) is 0 Å². The van der Waals surface area contributed by atoms with Gasteiger partial charge in [-0.25, -0.2) is 5.10 Å². The summed E-state index contributed by atoms with van der Waals surface area (Å²) in [6.45, 7) is 4.40. The van der Waals surface area contributed by atoms with Gasteiger partial charge in [0.2, 0.25) is 0 Å². The van der Waals surface area contributed by atoms with E-state index in [1.807, 2.05) is 0 Å². The van der Waals surface area contributed by atoms with Crippen LogP contribution in [-0.4, -0.2) is 35.2 Å². The fourth-order valence-corrected chi connectivity index (χ4v) is 3.11. The number of rotatable bonds is 8. The molecule has 0 bridgehead atoms. The fraction of sp³-hybridized carbons (Fsp3) is 0.304. The lowest BCUT2D eigenvalue weighted by Gasteiger charge is -2.09. The molecule has 7 heteroatoms. The summed E-state index contributed by atoms with van der Waals surface area (Å²) in [6, 6.07) is 15.2. The topological polar surface area (TPSA) is 101 Å². The van der Waals surface area contributed by atoms with E-state index in [9.17, 15) is 14.4 Å². The highest BCUT2D eigenvalue weighted by Gasteiger charge is 2.13. The van der Waals surface area contributed by atoms with E-state index in [1.165, 1.54) is 5.56 Å². The molecular formula is C23H25N3O4. The van der Waals surface area contributed by atoms with Crippen molar-refractivity contribution in [3.63, 3.8) is 0 Å². The molecule has 2 N–H and O–H groups in total. The molecule has 1 amide bonds. The summed E-state index contributed by atoms with van der Waals surface area (Å²) in [6.07, 6.45) is 0.568. The summed E-state index contributed by atoms with van der Waals surface area (Å²) in [5.74, 6) is -0.460. The van der Waals surface area contributed by atoms with Crippen LogP contribution >= 0.6 is 0 Å². The quantitative estimate of drug-likeness (QED) is 0.559. The van der Waals surface area contributed by atoms with E-state index < -0.39 is 5.97 Å². The van der Waals surface area contributed by atoms with Crippen molar-refractivity contribution in [1.29, 1.82) is 0 Å². The summed E-state index contributed by atoms with van der Waals surface area (Å²) >= 11 is 0. The molecule has 0 radical (unpaired) electrons. The van der Waals surface area contributed by atoms with Crippen LogP contribution in [-0.2, 0) is 27.2 Å². The van der Waals surface area contributed by atoms with Crippen molar-refractivity contribution in [2.45, 2.75) is 32.6 Å². The Labute approximate surface area is 174 Å².